The molecule has 184 valence electrons. The van der Waals surface area contributed by atoms with E-state index in [1.54, 1.807) is 17.2 Å². The second-order valence-electron chi connectivity index (χ2n) is 12.3. The normalized spacial score (nSPS) is 30.0. The lowest BCUT2D eigenvalue weighted by atomic mass is 9.48. The molecule has 6 aliphatic carbocycles. The Morgan fingerprint density at radius 2 is 1.44 bits per heavy atom. The van der Waals surface area contributed by atoms with Crippen molar-refractivity contribution in [1.82, 2.24) is 4.90 Å². The molecule has 0 saturated heterocycles. The average molecular weight is 465 g/mol. The minimum absolute atomic E-state index is 0.0912. The maximum Gasteiger partial charge on any atom is 0.225 e. The highest BCUT2D eigenvalue weighted by Gasteiger charge is 2.52. The molecule has 0 heterocycles. The van der Waals surface area contributed by atoms with E-state index in [9.17, 15) is 15.0 Å². The Morgan fingerprint density at radius 1 is 0.941 bits per heavy atom. The van der Waals surface area contributed by atoms with Gasteiger partial charge in [-0.2, -0.15) is 0 Å². The van der Waals surface area contributed by atoms with Crippen LogP contribution in [0.15, 0.2) is 41.5 Å². The monoisotopic (exact) mass is 464 g/mol. The van der Waals surface area contributed by atoms with Gasteiger partial charge in [0.05, 0.1) is 0 Å². The smallest absolute Gasteiger partial charge is 0.225 e. The Kier molecular flexibility index (Phi) is 5.83. The number of aromatic hydroxyl groups is 2. The van der Waals surface area contributed by atoms with Gasteiger partial charge in [0.25, 0.3) is 0 Å². The fourth-order valence-electron chi connectivity index (χ4n) is 7.16. The number of phenols is 2. The number of anilines is 1. The van der Waals surface area contributed by atoms with Crippen LogP contribution < -0.4 is 5.32 Å². The number of nitrogens with one attached hydrogen (secondary N) is 1. The molecule has 1 aromatic rings. The van der Waals surface area contributed by atoms with Crippen molar-refractivity contribution in [2.24, 2.45) is 34.5 Å². The van der Waals surface area contributed by atoms with Gasteiger partial charge in [0, 0.05) is 26.1 Å². The van der Waals surface area contributed by atoms with Crippen LogP contribution in [0.4, 0.5) is 5.69 Å². The summed E-state index contributed by atoms with van der Waals surface area (Å²) in [6.07, 6.45) is 10.2. The fourth-order valence-corrected chi connectivity index (χ4v) is 7.16. The first-order valence-corrected chi connectivity index (χ1v) is 13.0. The van der Waals surface area contributed by atoms with Crippen molar-refractivity contribution in [3.05, 3.63) is 41.5 Å². The average Bonchev–Trinajstić information content (AvgIpc) is 2.80. The molecule has 6 aliphatic rings. The quantitative estimate of drug-likeness (QED) is 0.340. The molecule has 2 saturated carbocycles. The number of hydrogen-bond acceptors (Lipinski definition) is 4. The number of phenolic OH excluding ortho intramolecular Hbond substituents is 2. The Hall–Kier alpha value is -2.27. The van der Waals surface area contributed by atoms with E-state index in [4.69, 9.17) is 0 Å². The van der Waals surface area contributed by atoms with E-state index in [0.29, 0.717) is 35.6 Å². The highest BCUT2D eigenvalue weighted by molar-refractivity contribution is 5.94. The topological polar surface area (TPSA) is 72.8 Å². The molecule has 0 aromatic heterocycles. The summed E-state index contributed by atoms with van der Waals surface area (Å²) in [7, 11) is 0. The molecule has 0 unspecified atom stereocenters. The minimum Gasteiger partial charge on any atom is -0.506 e. The van der Waals surface area contributed by atoms with Crippen molar-refractivity contribution < 1.29 is 15.0 Å². The number of para-hydroxylation sites is 1. The van der Waals surface area contributed by atoms with Gasteiger partial charge in [-0.1, -0.05) is 57.1 Å². The van der Waals surface area contributed by atoms with Crippen molar-refractivity contribution in [1.29, 1.82) is 0 Å². The number of nitrogens with zero attached hydrogens (tertiary/aromatic N) is 1. The summed E-state index contributed by atoms with van der Waals surface area (Å²) in [5, 5.41) is 22.7. The molecule has 4 bridgehead atoms. The molecular weight excluding hydrogens is 424 g/mol. The van der Waals surface area contributed by atoms with Crippen molar-refractivity contribution in [3.8, 4) is 11.5 Å². The first-order valence-electron chi connectivity index (χ1n) is 13.0. The Morgan fingerprint density at radius 3 is 1.88 bits per heavy atom. The van der Waals surface area contributed by atoms with E-state index in [2.05, 4.69) is 50.1 Å². The van der Waals surface area contributed by atoms with Gasteiger partial charge in [-0.05, 0) is 72.3 Å². The number of benzene rings is 1. The lowest BCUT2D eigenvalue weighted by molar-refractivity contribution is -0.116. The molecule has 5 nitrogen and oxygen atoms in total. The van der Waals surface area contributed by atoms with E-state index >= 15 is 0 Å². The Balaban J connectivity index is 1.28. The molecule has 0 aliphatic heterocycles. The zero-order valence-corrected chi connectivity index (χ0v) is 21.1. The largest absolute Gasteiger partial charge is 0.506 e. The van der Waals surface area contributed by atoms with Gasteiger partial charge in [0.2, 0.25) is 5.91 Å². The number of fused-ring (bicyclic) bond motifs is 2. The van der Waals surface area contributed by atoms with Crippen LogP contribution in [-0.4, -0.2) is 40.7 Å². The molecule has 2 fully saturated rings. The summed E-state index contributed by atoms with van der Waals surface area (Å²) >= 11 is 0. The first-order chi connectivity index (χ1) is 16.1. The molecule has 1 aromatic carbocycles. The summed E-state index contributed by atoms with van der Waals surface area (Å²) < 4.78 is 0. The Bertz CT molecular complexity index is 970. The van der Waals surface area contributed by atoms with E-state index in [-0.39, 0.29) is 23.1 Å². The highest BCUT2D eigenvalue weighted by atomic mass is 16.3. The number of allylic oxidation sites excluding steroid dienone is 2. The van der Waals surface area contributed by atoms with Crippen molar-refractivity contribution >= 4 is 11.6 Å². The predicted octanol–water partition coefficient (Wildman–Crippen LogP) is 5.71. The molecule has 7 rings (SSSR count). The van der Waals surface area contributed by atoms with Gasteiger partial charge in [0.15, 0.2) is 0 Å². The van der Waals surface area contributed by atoms with E-state index < -0.39 is 0 Å². The van der Waals surface area contributed by atoms with Gasteiger partial charge < -0.3 is 15.5 Å². The third-order valence-electron chi connectivity index (χ3n) is 9.92. The highest BCUT2D eigenvalue weighted by Crippen LogP contribution is 2.60. The molecule has 0 radical (unpaired) electrons. The van der Waals surface area contributed by atoms with Crippen molar-refractivity contribution in [2.75, 3.05) is 25.0 Å². The summed E-state index contributed by atoms with van der Waals surface area (Å²) in [5.41, 5.74) is 3.97. The molecule has 5 heteroatoms. The third kappa shape index (κ3) is 3.96. The molecule has 0 spiro atoms. The molecular formula is C29H40N2O3. The zero-order chi connectivity index (χ0) is 24.3. The maximum absolute atomic E-state index is 12.8. The van der Waals surface area contributed by atoms with Gasteiger partial charge in [0.1, 0.15) is 17.2 Å². The van der Waals surface area contributed by atoms with Crippen LogP contribution in [0.3, 0.4) is 0 Å². The maximum atomic E-state index is 12.8. The van der Waals surface area contributed by atoms with Gasteiger partial charge in [-0.25, -0.2) is 0 Å². The summed E-state index contributed by atoms with van der Waals surface area (Å²) in [4.78, 5) is 15.2. The SMILES string of the molecule is CC1(C)[C@H]2CC=C(CN(CCC(=O)Nc3c(O)cccc3O)CC3=CC[C@H]4C[C@@H]3C4(C)C)[C@@H]1C2. The standard InChI is InChI=1S/C29H40N2O3/c1-28(2)20-10-8-18(22(28)14-20)16-31(17-19-9-11-21-15-23(19)29(21,3)4)13-12-26(34)30-27-24(32)6-5-7-25(27)33/h5-9,20-23,32-33H,10-17H2,1-4H3,(H,30,34)/t20-,21-,22-,23-/m0/s1. The van der Waals surface area contributed by atoms with Crippen molar-refractivity contribution in [2.45, 2.75) is 59.8 Å². The van der Waals surface area contributed by atoms with Crippen LogP contribution in [0.1, 0.15) is 59.8 Å². The van der Waals surface area contributed by atoms with Crippen LogP contribution in [0, 0.1) is 34.5 Å². The minimum atomic E-state index is -0.190. The summed E-state index contributed by atoms with van der Waals surface area (Å²) in [6, 6.07) is 4.48. The van der Waals surface area contributed by atoms with E-state index in [1.165, 1.54) is 37.8 Å². The number of hydrogen-bond donors (Lipinski definition) is 3. The van der Waals surface area contributed by atoms with Gasteiger partial charge in [-0.15, -0.1) is 0 Å². The second-order valence-corrected chi connectivity index (χ2v) is 12.3. The molecule has 1 amide bonds. The van der Waals surface area contributed by atoms with E-state index in [0.717, 1.165) is 24.9 Å². The second kappa shape index (κ2) is 8.44. The molecule has 4 atom stereocenters. The number of carbonyl (C=O) groups is 1. The van der Waals surface area contributed by atoms with Crippen LogP contribution in [-0.2, 0) is 4.79 Å². The first kappa shape index (κ1) is 23.5. The van der Waals surface area contributed by atoms with Crippen molar-refractivity contribution in [3.63, 3.8) is 0 Å². The lowest BCUT2D eigenvalue weighted by Gasteiger charge is -2.58. The lowest BCUT2D eigenvalue weighted by Crippen LogP contribution is -2.51. The van der Waals surface area contributed by atoms with Crippen LogP contribution in [0.25, 0.3) is 0 Å². The number of carbonyl (C=O) groups excluding carboxylic acids is 1. The molecule has 34 heavy (non-hydrogen) atoms. The zero-order valence-electron chi connectivity index (χ0n) is 21.1. The predicted molar refractivity (Wildman–Crippen MR) is 136 cm³/mol. The van der Waals surface area contributed by atoms with E-state index in [1.807, 2.05) is 0 Å². The van der Waals surface area contributed by atoms with Crippen LogP contribution >= 0.6 is 0 Å². The third-order valence-corrected chi connectivity index (χ3v) is 9.92. The Labute approximate surface area is 203 Å². The van der Waals surface area contributed by atoms with Crippen LogP contribution in [0.2, 0.25) is 0 Å². The summed E-state index contributed by atoms with van der Waals surface area (Å²) in [6.45, 7) is 12.1. The molecule has 3 N–H and O–H groups in total. The fraction of sp³-hybridized carbons (Fsp3) is 0.621. The number of amides is 1. The number of rotatable bonds is 8. The summed E-state index contributed by atoms with van der Waals surface area (Å²) in [5.74, 6) is 2.53. The van der Waals surface area contributed by atoms with Gasteiger partial charge in [-0.3, -0.25) is 9.69 Å². The van der Waals surface area contributed by atoms with Crippen LogP contribution in [0.5, 0.6) is 11.5 Å². The van der Waals surface area contributed by atoms with Gasteiger partial charge >= 0.3 is 0 Å².